The van der Waals surface area contributed by atoms with Gasteiger partial charge in [0.1, 0.15) is 5.75 Å². The lowest BCUT2D eigenvalue weighted by molar-refractivity contribution is 0.0992. The fourth-order valence-electron chi connectivity index (χ4n) is 2.12. The van der Waals surface area contributed by atoms with Crippen molar-refractivity contribution in [2.75, 3.05) is 45.7 Å². The van der Waals surface area contributed by atoms with E-state index < -0.39 is 0 Å². The van der Waals surface area contributed by atoms with Crippen LogP contribution in [0.4, 0.5) is 15.3 Å². The highest BCUT2D eigenvalue weighted by molar-refractivity contribution is 5.89. The van der Waals surface area contributed by atoms with Crippen LogP contribution in [-0.2, 0) is 4.74 Å². The van der Waals surface area contributed by atoms with Crippen molar-refractivity contribution >= 4 is 17.8 Å². The Morgan fingerprint density at radius 3 is 2.38 bits per heavy atom. The number of urea groups is 1. The number of nitrogens with one attached hydrogen (secondary N) is 1. The number of hydrogen-bond donors (Lipinski definition) is 1. The van der Waals surface area contributed by atoms with Crippen molar-refractivity contribution < 1.29 is 19.1 Å². The van der Waals surface area contributed by atoms with Gasteiger partial charge in [-0.2, -0.15) is 0 Å². The Balaban J connectivity index is 1.88. The van der Waals surface area contributed by atoms with Crippen LogP contribution in [0.3, 0.4) is 0 Å². The fourth-order valence-corrected chi connectivity index (χ4v) is 2.12. The van der Waals surface area contributed by atoms with E-state index in [4.69, 9.17) is 4.74 Å². The predicted octanol–water partition coefficient (Wildman–Crippen LogP) is 1.61. The molecular formula is C14H19N3O4. The normalized spacial score (nSPS) is 14.6. The highest BCUT2D eigenvalue weighted by atomic mass is 16.5. The molecule has 0 atom stereocenters. The Bertz CT molecular complexity index is 513. The number of ether oxygens (including phenoxy) is 2. The largest absolute Gasteiger partial charge is 0.497 e. The summed E-state index contributed by atoms with van der Waals surface area (Å²) in [5.41, 5.74) is 0.676. The lowest BCUT2D eigenvalue weighted by atomic mass is 10.3. The average molecular weight is 293 g/mol. The molecular weight excluding hydrogens is 274 g/mol. The molecule has 1 heterocycles. The van der Waals surface area contributed by atoms with Gasteiger partial charge in [0.15, 0.2) is 0 Å². The quantitative estimate of drug-likeness (QED) is 0.899. The zero-order valence-electron chi connectivity index (χ0n) is 12.2. The molecule has 0 aromatic heterocycles. The Labute approximate surface area is 123 Å². The molecule has 0 spiro atoms. The van der Waals surface area contributed by atoms with Crippen molar-refractivity contribution in [1.29, 1.82) is 0 Å². The van der Waals surface area contributed by atoms with Gasteiger partial charge in [-0.25, -0.2) is 9.59 Å². The zero-order chi connectivity index (χ0) is 15.2. The number of carbonyl (C=O) groups is 2. The van der Waals surface area contributed by atoms with E-state index in [1.807, 2.05) is 12.1 Å². The monoisotopic (exact) mass is 293 g/mol. The standard InChI is InChI=1S/C14H19N3O4/c1-20-12-5-3-4-11(10-12)15-13(18)16-6-8-17(9-7-16)14(19)21-2/h3-5,10H,6-9H2,1-2H3,(H,15,18). The molecule has 1 aliphatic heterocycles. The third-order valence-electron chi connectivity index (χ3n) is 3.32. The second kappa shape index (κ2) is 6.83. The van der Waals surface area contributed by atoms with Crippen LogP contribution < -0.4 is 10.1 Å². The number of anilines is 1. The molecule has 1 N–H and O–H groups in total. The number of rotatable bonds is 2. The topological polar surface area (TPSA) is 71.1 Å². The van der Waals surface area contributed by atoms with Gasteiger partial charge in [0.2, 0.25) is 0 Å². The summed E-state index contributed by atoms with van der Waals surface area (Å²) < 4.78 is 9.77. The van der Waals surface area contributed by atoms with Crippen molar-refractivity contribution in [3.8, 4) is 5.75 Å². The van der Waals surface area contributed by atoms with Gasteiger partial charge in [-0.05, 0) is 12.1 Å². The third kappa shape index (κ3) is 3.77. The average Bonchev–Trinajstić information content (AvgIpc) is 2.54. The van der Waals surface area contributed by atoms with Crippen LogP contribution in [0.2, 0.25) is 0 Å². The van der Waals surface area contributed by atoms with Crippen molar-refractivity contribution in [1.82, 2.24) is 9.80 Å². The summed E-state index contributed by atoms with van der Waals surface area (Å²) in [7, 11) is 2.93. The molecule has 0 bridgehead atoms. The maximum absolute atomic E-state index is 12.2. The summed E-state index contributed by atoms with van der Waals surface area (Å²) >= 11 is 0. The van der Waals surface area contributed by atoms with Crippen LogP contribution in [0.15, 0.2) is 24.3 Å². The molecule has 1 saturated heterocycles. The molecule has 0 radical (unpaired) electrons. The molecule has 1 aromatic rings. The van der Waals surface area contributed by atoms with Crippen LogP contribution in [0.1, 0.15) is 0 Å². The summed E-state index contributed by atoms with van der Waals surface area (Å²) in [5.74, 6) is 0.684. The summed E-state index contributed by atoms with van der Waals surface area (Å²) in [4.78, 5) is 26.8. The number of piperazine rings is 1. The highest BCUT2D eigenvalue weighted by Gasteiger charge is 2.24. The summed E-state index contributed by atoms with van der Waals surface area (Å²) in [6, 6.07) is 6.98. The number of hydrogen-bond acceptors (Lipinski definition) is 4. The Kier molecular flexibility index (Phi) is 4.86. The van der Waals surface area contributed by atoms with E-state index >= 15 is 0 Å². The maximum atomic E-state index is 12.2. The van der Waals surface area contributed by atoms with Crippen LogP contribution in [0, 0.1) is 0 Å². The number of amides is 3. The van der Waals surface area contributed by atoms with Crippen molar-refractivity contribution in [3.05, 3.63) is 24.3 Å². The van der Waals surface area contributed by atoms with Crippen molar-refractivity contribution in [2.24, 2.45) is 0 Å². The Morgan fingerprint density at radius 1 is 1.10 bits per heavy atom. The van der Waals surface area contributed by atoms with E-state index in [-0.39, 0.29) is 12.1 Å². The second-order valence-corrected chi connectivity index (χ2v) is 4.61. The molecule has 0 unspecified atom stereocenters. The van der Waals surface area contributed by atoms with Crippen LogP contribution in [0.5, 0.6) is 5.75 Å². The number of benzene rings is 1. The number of methoxy groups -OCH3 is 2. The van der Waals surface area contributed by atoms with Crippen LogP contribution >= 0.6 is 0 Å². The van der Waals surface area contributed by atoms with E-state index in [0.29, 0.717) is 37.6 Å². The highest BCUT2D eigenvalue weighted by Crippen LogP contribution is 2.17. The molecule has 21 heavy (non-hydrogen) atoms. The van der Waals surface area contributed by atoms with Gasteiger partial charge in [-0.3, -0.25) is 0 Å². The second-order valence-electron chi connectivity index (χ2n) is 4.61. The summed E-state index contributed by atoms with van der Waals surface area (Å²) in [6.45, 7) is 1.90. The zero-order valence-corrected chi connectivity index (χ0v) is 12.2. The molecule has 1 aliphatic rings. The fraction of sp³-hybridized carbons (Fsp3) is 0.429. The first-order chi connectivity index (χ1) is 10.1. The van der Waals surface area contributed by atoms with Crippen LogP contribution in [-0.4, -0.2) is 62.3 Å². The Morgan fingerprint density at radius 2 is 1.76 bits per heavy atom. The molecule has 0 saturated carbocycles. The minimum absolute atomic E-state index is 0.187. The number of nitrogens with zero attached hydrogens (tertiary/aromatic N) is 2. The smallest absolute Gasteiger partial charge is 0.409 e. The van der Waals surface area contributed by atoms with E-state index in [2.05, 4.69) is 10.1 Å². The Hall–Kier alpha value is -2.44. The van der Waals surface area contributed by atoms with E-state index in [9.17, 15) is 9.59 Å². The maximum Gasteiger partial charge on any atom is 0.409 e. The molecule has 0 aliphatic carbocycles. The van der Waals surface area contributed by atoms with Gasteiger partial charge in [-0.15, -0.1) is 0 Å². The van der Waals surface area contributed by atoms with E-state index in [0.717, 1.165) is 0 Å². The van der Waals surface area contributed by atoms with Crippen molar-refractivity contribution in [2.45, 2.75) is 0 Å². The van der Waals surface area contributed by atoms with Crippen LogP contribution in [0.25, 0.3) is 0 Å². The first-order valence-corrected chi connectivity index (χ1v) is 6.67. The van der Waals surface area contributed by atoms with E-state index in [1.165, 1.54) is 7.11 Å². The summed E-state index contributed by atoms with van der Waals surface area (Å²) in [6.07, 6.45) is -0.358. The van der Waals surface area contributed by atoms with E-state index in [1.54, 1.807) is 29.0 Å². The third-order valence-corrected chi connectivity index (χ3v) is 3.32. The lowest BCUT2D eigenvalue weighted by Gasteiger charge is -2.33. The molecule has 3 amide bonds. The molecule has 7 heteroatoms. The minimum Gasteiger partial charge on any atom is -0.497 e. The minimum atomic E-state index is -0.358. The summed E-state index contributed by atoms with van der Waals surface area (Å²) in [5, 5.41) is 2.82. The van der Waals surface area contributed by atoms with Gasteiger partial charge in [0.05, 0.1) is 14.2 Å². The van der Waals surface area contributed by atoms with Gasteiger partial charge in [0, 0.05) is 37.9 Å². The molecule has 2 rings (SSSR count). The molecule has 114 valence electrons. The van der Waals surface area contributed by atoms with Gasteiger partial charge >= 0.3 is 12.1 Å². The van der Waals surface area contributed by atoms with Gasteiger partial charge in [0.25, 0.3) is 0 Å². The molecule has 1 fully saturated rings. The molecule has 1 aromatic carbocycles. The predicted molar refractivity (Wildman–Crippen MR) is 77.6 cm³/mol. The first kappa shape index (κ1) is 15.0. The lowest BCUT2D eigenvalue weighted by Crippen LogP contribution is -2.51. The van der Waals surface area contributed by atoms with Gasteiger partial charge in [-0.1, -0.05) is 6.07 Å². The van der Waals surface area contributed by atoms with Crippen molar-refractivity contribution in [3.63, 3.8) is 0 Å². The SMILES string of the molecule is COC(=O)N1CCN(C(=O)Nc2cccc(OC)c2)CC1. The number of carbonyl (C=O) groups excluding carboxylic acids is 2. The van der Waals surface area contributed by atoms with Gasteiger partial charge < -0.3 is 24.6 Å². The molecule has 7 nitrogen and oxygen atoms in total. The first-order valence-electron chi connectivity index (χ1n) is 6.67.